The molecule has 2 rings (SSSR count). The van der Waals surface area contributed by atoms with E-state index in [1.165, 1.54) is 5.56 Å². The molecule has 0 saturated heterocycles. The topological polar surface area (TPSA) is 64.0 Å². The smallest absolute Gasteiger partial charge is 0.203 e. The summed E-state index contributed by atoms with van der Waals surface area (Å²) in [5.41, 5.74) is 1.45. The van der Waals surface area contributed by atoms with Gasteiger partial charge in [0.05, 0.1) is 39.4 Å². The number of nitriles is 1. The average Bonchev–Trinajstić information content (AvgIpc) is 2.83. The van der Waals surface area contributed by atoms with Gasteiger partial charge in [0.25, 0.3) is 0 Å². The van der Waals surface area contributed by atoms with E-state index in [1.807, 2.05) is 24.3 Å². The molecule has 2 aromatic carbocycles. The first kappa shape index (κ1) is 27.3. The number of ether oxygens (including phenoxy) is 4. The summed E-state index contributed by atoms with van der Waals surface area (Å²) in [6, 6.07) is 14.6. The van der Waals surface area contributed by atoms with Crippen molar-refractivity contribution in [2.75, 3.05) is 48.1 Å². The van der Waals surface area contributed by atoms with Gasteiger partial charge in [-0.05, 0) is 81.1 Å². The van der Waals surface area contributed by atoms with Crippen LogP contribution in [0.15, 0.2) is 36.4 Å². The molecule has 0 saturated carbocycles. The Morgan fingerprint density at radius 2 is 1.62 bits per heavy atom. The highest BCUT2D eigenvalue weighted by molar-refractivity contribution is 5.56. The molecular weight excluding hydrogens is 428 g/mol. The lowest BCUT2D eigenvalue weighted by Gasteiger charge is -2.33. The van der Waals surface area contributed by atoms with Gasteiger partial charge in [0.1, 0.15) is 5.75 Å². The third-order valence-corrected chi connectivity index (χ3v) is 6.42. The predicted molar refractivity (Wildman–Crippen MR) is 136 cm³/mol. The van der Waals surface area contributed by atoms with Crippen molar-refractivity contribution in [3.63, 3.8) is 0 Å². The third-order valence-electron chi connectivity index (χ3n) is 6.42. The Bertz CT molecular complexity index is 929. The maximum absolute atomic E-state index is 10.3. The number of hydrogen-bond donors (Lipinski definition) is 0. The van der Waals surface area contributed by atoms with Crippen LogP contribution in [0.4, 0.5) is 0 Å². The fourth-order valence-electron chi connectivity index (χ4n) is 4.32. The SMILES string of the molecule is COc1cc(C(C#N)(CCCN(C)CCCOc2cccc(C)c2)C(C)C)cc(OC)c1OC. The van der Waals surface area contributed by atoms with Crippen molar-refractivity contribution >= 4 is 0 Å². The predicted octanol–water partition coefficient (Wildman–Crippen LogP) is 5.62. The summed E-state index contributed by atoms with van der Waals surface area (Å²) in [7, 11) is 6.90. The fraction of sp³-hybridized carbons (Fsp3) is 0.536. The summed E-state index contributed by atoms with van der Waals surface area (Å²) in [4.78, 5) is 2.30. The van der Waals surface area contributed by atoms with Crippen LogP contribution in [0, 0.1) is 24.2 Å². The number of hydrogen-bond acceptors (Lipinski definition) is 6. The number of rotatable bonds is 14. The molecule has 0 aromatic heterocycles. The molecule has 0 spiro atoms. The van der Waals surface area contributed by atoms with Crippen LogP contribution in [-0.4, -0.2) is 53.0 Å². The lowest BCUT2D eigenvalue weighted by molar-refractivity contribution is 0.251. The van der Waals surface area contributed by atoms with Crippen LogP contribution in [0.2, 0.25) is 0 Å². The molecule has 0 bridgehead atoms. The lowest BCUT2D eigenvalue weighted by Crippen LogP contribution is -2.32. The van der Waals surface area contributed by atoms with Crippen molar-refractivity contribution in [1.29, 1.82) is 5.26 Å². The summed E-state index contributed by atoms with van der Waals surface area (Å²) in [6.07, 6.45) is 2.59. The second kappa shape index (κ2) is 13.1. The molecule has 6 heteroatoms. The average molecular weight is 469 g/mol. The monoisotopic (exact) mass is 468 g/mol. The highest BCUT2D eigenvalue weighted by Crippen LogP contribution is 2.45. The van der Waals surface area contributed by atoms with E-state index in [-0.39, 0.29) is 5.92 Å². The van der Waals surface area contributed by atoms with E-state index < -0.39 is 5.41 Å². The van der Waals surface area contributed by atoms with Crippen LogP contribution >= 0.6 is 0 Å². The first-order chi connectivity index (χ1) is 16.3. The number of aryl methyl sites for hydroxylation is 1. The standard InChI is InChI=1S/C28H40N2O4/c1-21(2)28(20-29,23-18-25(31-5)27(33-7)26(19-23)32-6)13-9-14-30(4)15-10-16-34-24-12-8-11-22(3)17-24/h8,11-12,17-19,21H,9-10,13-16H2,1-7H3. The minimum Gasteiger partial charge on any atom is -0.494 e. The summed E-state index contributed by atoms with van der Waals surface area (Å²) < 4.78 is 22.4. The highest BCUT2D eigenvalue weighted by atomic mass is 16.5. The van der Waals surface area contributed by atoms with Crippen molar-refractivity contribution < 1.29 is 18.9 Å². The molecule has 0 heterocycles. The quantitative estimate of drug-likeness (QED) is 0.335. The maximum atomic E-state index is 10.3. The van der Waals surface area contributed by atoms with Crippen LogP contribution in [0.3, 0.4) is 0 Å². The molecule has 0 aliphatic carbocycles. The molecule has 186 valence electrons. The van der Waals surface area contributed by atoms with Gasteiger partial charge >= 0.3 is 0 Å². The van der Waals surface area contributed by atoms with Crippen molar-refractivity contribution in [2.24, 2.45) is 5.92 Å². The molecule has 1 atom stereocenters. The van der Waals surface area contributed by atoms with E-state index in [0.717, 1.165) is 43.7 Å². The van der Waals surface area contributed by atoms with E-state index >= 15 is 0 Å². The molecule has 0 amide bonds. The second-order valence-electron chi connectivity index (χ2n) is 9.08. The largest absolute Gasteiger partial charge is 0.494 e. The van der Waals surface area contributed by atoms with E-state index in [0.29, 0.717) is 23.9 Å². The van der Waals surface area contributed by atoms with Crippen LogP contribution in [0.5, 0.6) is 23.0 Å². The maximum Gasteiger partial charge on any atom is 0.203 e. The van der Waals surface area contributed by atoms with Gasteiger partial charge in [-0.2, -0.15) is 5.26 Å². The highest BCUT2D eigenvalue weighted by Gasteiger charge is 2.37. The van der Waals surface area contributed by atoms with Gasteiger partial charge in [0.2, 0.25) is 5.75 Å². The zero-order valence-corrected chi connectivity index (χ0v) is 21.8. The van der Waals surface area contributed by atoms with Crippen LogP contribution in [-0.2, 0) is 5.41 Å². The van der Waals surface area contributed by atoms with Crippen molar-refractivity contribution in [2.45, 2.75) is 45.4 Å². The van der Waals surface area contributed by atoms with E-state index in [1.54, 1.807) is 21.3 Å². The molecule has 0 fully saturated rings. The van der Waals surface area contributed by atoms with Gasteiger partial charge in [0.15, 0.2) is 11.5 Å². The molecule has 0 aliphatic rings. The molecule has 0 radical (unpaired) electrons. The number of methoxy groups -OCH3 is 3. The Balaban J connectivity index is 1.99. The Kier molecular flexibility index (Phi) is 10.5. The van der Waals surface area contributed by atoms with E-state index in [2.05, 4.69) is 50.9 Å². The first-order valence-electron chi connectivity index (χ1n) is 11.9. The van der Waals surface area contributed by atoms with Gasteiger partial charge in [-0.1, -0.05) is 26.0 Å². The van der Waals surface area contributed by atoms with Crippen molar-refractivity contribution in [1.82, 2.24) is 4.90 Å². The Morgan fingerprint density at radius 3 is 2.15 bits per heavy atom. The van der Waals surface area contributed by atoms with Gasteiger partial charge < -0.3 is 23.8 Å². The summed E-state index contributed by atoms with van der Waals surface area (Å²) in [5.74, 6) is 2.72. The Labute approximate surface area is 205 Å². The zero-order valence-electron chi connectivity index (χ0n) is 21.8. The molecule has 1 unspecified atom stereocenters. The van der Waals surface area contributed by atoms with Crippen LogP contribution in [0.25, 0.3) is 0 Å². The molecule has 34 heavy (non-hydrogen) atoms. The fourth-order valence-corrected chi connectivity index (χ4v) is 4.32. The molecule has 0 aliphatic heterocycles. The Hall–Kier alpha value is -2.91. The van der Waals surface area contributed by atoms with Gasteiger partial charge in [-0.15, -0.1) is 0 Å². The molecule has 0 N–H and O–H groups in total. The van der Waals surface area contributed by atoms with Crippen molar-refractivity contribution in [3.05, 3.63) is 47.5 Å². The van der Waals surface area contributed by atoms with Crippen LogP contribution < -0.4 is 18.9 Å². The van der Waals surface area contributed by atoms with Crippen LogP contribution in [0.1, 0.15) is 44.2 Å². The zero-order chi connectivity index (χ0) is 25.1. The molecule has 2 aromatic rings. The summed E-state index contributed by atoms with van der Waals surface area (Å²) in [5, 5.41) is 10.3. The summed E-state index contributed by atoms with van der Waals surface area (Å²) >= 11 is 0. The second-order valence-corrected chi connectivity index (χ2v) is 9.08. The third kappa shape index (κ3) is 6.80. The van der Waals surface area contributed by atoms with E-state index in [9.17, 15) is 5.26 Å². The minimum atomic E-state index is -0.651. The Morgan fingerprint density at radius 1 is 0.971 bits per heavy atom. The lowest BCUT2D eigenvalue weighted by atomic mass is 9.69. The number of benzene rings is 2. The molecule has 6 nitrogen and oxygen atoms in total. The first-order valence-corrected chi connectivity index (χ1v) is 11.9. The number of nitrogens with zero attached hydrogens (tertiary/aromatic N) is 2. The van der Waals surface area contributed by atoms with Crippen molar-refractivity contribution in [3.8, 4) is 29.1 Å². The van der Waals surface area contributed by atoms with E-state index in [4.69, 9.17) is 18.9 Å². The van der Waals surface area contributed by atoms with Gasteiger partial charge in [-0.3, -0.25) is 0 Å². The molecular formula is C28H40N2O4. The summed E-state index contributed by atoms with van der Waals surface area (Å²) in [6.45, 7) is 8.80. The van der Waals surface area contributed by atoms with Gasteiger partial charge in [-0.25, -0.2) is 0 Å². The normalized spacial score (nSPS) is 12.8. The van der Waals surface area contributed by atoms with Gasteiger partial charge in [0, 0.05) is 6.54 Å². The minimum absolute atomic E-state index is 0.119.